The lowest BCUT2D eigenvalue weighted by molar-refractivity contribution is 0.115. The van der Waals surface area contributed by atoms with Gasteiger partial charge in [0.05, 0.1) is 12.6 Å². The molecule has 1 aromatic carbocycles. The van der Waals surface area contributed by atoms with E-state index in [1.165, 1.54) is 12.1 Å². The van der Waals surface area contributed by atoms with E-state index in [9.17, 15) is 13.6 Å². The highest BCUT2D eigenvalue weighted by atomic mass is 19.1. The molecule has 1 N–H and O–H groups in total. The molecule has 5 heteroatoms. The van der Waals surface area contributed by atoms with Crippen molar-refractivity contribution in [3.8, 4) is 0 Å². The number of ether oxygens (including phenoxy) is 1. The van der Waals surface area contributed by atoms with Gasteiger partial charge in [0.1, 0.15) is 11.6 Å². The lowest BCUT2D eigenvalue weighted by Crippen LogP contribution is -2.35. The van der Waals surface area contributed by atoms with Crippen molar-refractivity contribution in [1.29, 1.82) is 0 Å². The van der Waals surface area contributed by atoms with Gasteiger partial charge < -0.3 is 10.1 Å². The maximum Gasteiger partial charge on any atom is 0.407 e. The van der Waals surface area contributed by atoms with Gasteiger partial charge in [-0.25, -0.2) is 13.6 Å². The van der Waals surface area contributed by atoms with Gasteiger partial charge in [0.15, 0.2) is 0 Å². The number of alkyl carbamates (subject to hydrolysis) is 1. The van der Waals surface area contributed by atoms with Crippen molar-refractivity contribution in [3.05, 3.63) is 35.4 Å². The van der Waals surface area contributed by atoms with Crippen LogP contribution < -0.4 is 5.32 Å². The van der Waals surface area contributed by atoms with Gasteiger partial charge in [0.2, 0.25) is 0 Å². The quantitative estimate of drug-likeness (QED) is 0.776. The lowest BCUT2D eigenvalue weighted by Gasteiger charge is -2.23. The number of carbonyl (C=O) groups is 1. The fourth-order valence-corrected chi connectivity index (χ4v) is 1.55. The lowest BCUT2D eigenvalue weighted by atomic mass is 10.0. The third-order valence-corrected chi connectivity index (χ3v) is 2.22. The zero-order valence-corrected chi connectivity index (χ0v) is 7.80. The van der Waals surface area contributed by atoms with Crippen molar-refractivity contribution in [3.63, 3.8) is 0 Å². The SMILES string of the molecule is O=C1N[C@@H](c2cc(F)cc(F)c2)CCO1. The van der Waals surface area contributed by atoms with Crippen LogP contribution in [0.3, 0.4) is 0 Å². The van der Waals surface area contributed by atoms with Crippen molar-refractivity contribution in [2.24, 2.45) is 0 Å². The minimum Gasteiger partial charge on any atom is -0.449 e. The Kier molecular flexibility index (Phi) is 2.53. The molecule has 0 aromatic heterocycles. The molecule has 0 bridgehead atoms. The molecule has 0 saturated carbocycles. The van der Waals surface area contributed by atoms with Gasteiger partial charge in [-0.3, -0.25) is 0 Å². The summed E-state index contributed by atoms with van der Waals surface area (Å²) in [4.78, 5) is 10.9. The Labute approximate surface area is 85.0 Å². The molecule has 2 rings (SSSR count). The highest BCUT2D eigenvalue weighted by Crippen LogP contribution is 2.21. The van der Waals surface area contributed by atoms with Crippen molar-refractivity contribution < 1.29 is 18.3 Å². The largest absolute Gasteiger partial charge is 0.449 e. The molecule has 1 aliphatic heterocycles. The monoisotopic (exact) mass is 213 g/mol. The molecule has 1 amide bonds. The summed E-state index contributed by atoms with van der Waals surface area (Å²) in [6.45, 7) is 0.259. The normalized spacial score (nSPS) is 20.7. The Bertz CT molecular complexity index is 375. The first kappa shape index (κ1) is 9.89. The number of hydrogen-bond acceptors (Lipinski definition) is 2. The number of carbonyl (C=O) groups excluding carboxylic acids is 1. The van der Waals surface area contributed by atoms with Crippen LogP contribution in [0, 0.1) is 11.6 Å². The molecule has 3 nitrogen and oxygen atoms in total. The van der Waals surface area contributed by atoms with Gasteiger partial charge in [0, 0.05) is 12.5 Å². The topological polar surface area (TPSA) is 38.3 Å². The van der Waals surface area contributed by atoms with Crippen LogP contribution in [0.2, 0.25) is 0 Å². The highest BCUT2D eigenvalue weighted by Gasteiger charge is 2.21. The smallest absolute Gasteiger partial charge is 0.407 e. The summed E-state index contributed by atoms with van der Waals surface area (Å²) in [6.07, 6.45) is -0.0508. The van der Waals surface area contributed by atoms with Crippen LogP contribution in [-0.4, -0.2) is 12.7 Å². The van der Waals surface area contributed by atoms with E-state index in [0.29, 0.717) is 12.0 Å². The number of nitrogens with one attached hydrogen (secondary N) is 1. The minimum atomic E-state index is -0.647. The van der Waals surface area contributed by atoms with Crippen LogP contribution in [0.1, 0.15) is 18.0 Å². The first-order chi connectivity index (χ1) is 7.15. The van der Waals surface area contributed by atoms with Crippen LogP contribution in [-0.2, 0) is 4.74 Å². The van der Waals surface area contributed by atoms with E-state index in [4.69, 9.17) is 0 Å². The van der Waals surface area contributed by atoms with Crippen LogP contribution in [0.5, 0.6) is 0 Å². The maximum atomic E-state index is 12.9. The third kappa shape index (κ3) is 2.23. The Morgan fingerprint density at radius 1 is 1.27 bits per heavy atom. The van der Waals surface area contributed by atoms with E-state index in [1.54, 1.807) is 0 Å². The number of rotatable bonds is 1. The van der Waals surface area contributed by atoms with Crippen LogP contribution >= 0.6 is 0 Å². The fourth-order valence-electron chi connectivity index (χ4n) is 1.55. The van der Waals surface area contributed by atoms with E-state index in [1.807, 2.05) is 0 Å². The van der Waals surface area contributed by atoms with E-state index >= 15 is 0 Å². The minimum absolute atomic E-state index is 0.259. The molecule has 0 radical (unpaired) electrons. The summed E-state index contributed by atoms with van der Waals surface area (Å²) < 4.78 is 30.4. The summed E-state index contributed by atoms with van der Waals surface area (Å²) in [6, 6.07) is 2.83. The summed E-state index contributed by atoms with van der Waals surface area (Å²) in [5.74, 6) is -1.29. The first-order valence-electron chi connectivity index (χ1n) is 4.54. The van der Waals surface area contributed by atoms with Crippen LogP contribution in [0.25, 0.3) is 0 Å². The second kappa shape index (κ2) is 3.84. The Morgan fingerprint density at radius 3 is 2.53 bits per heavy atom. The Hall–Kier alpha value is -1.65. The van der Waals surface area contributed by atoms with E-state index in [0.717, 1.165) is 6.07 Å². The number of cyclic esters (lactones) is 1. The molecule has 1 saturated heterocycles. The fraction of sp³-hybridized carbons (Fsp3) is 0.300. The number of halogens is 2. The van der Waals surface area contributed by atoms with Gasteiger partial charge in [-0.15, -0.1) is 0 Å². The molecule has 1 fully saturated rings. The number of hydrogen-bond donors (Lipinski definition) is 1. The Balaban J connectivity index is 2.24. The van der Waals surface area contributed by atoms with Crippen molar-refractivity contribution in [2.75, 3.05) is 6.61 Å². The average molecular weight is 213 g/mol. The Morgan fingerprint density at radius 2 is 1.93 bits per heavy atom. The summed E-state index contributed by atoms with van der Waals surface area (Å²) in [7, 11) is 0. The predicted octanol–water partition coefficient (Wildman–Crippen LogP) is 2.14. The average Bonchev–Trinajstić information content (AvgIpc) is 2.16. The first-order valence-corrected chi connectivity index (χ1v) is 4.54. The van der Waals surface area contributed by atoms with E-state index in [2.05, 4.69) is 10.1 Å². The molecule has 1 atom stereocenters. The van der Waals surface area contributed by atoms with Gasteiger partial charge >= 0.3 is 6.09 Å². The predicted molar refractivity (Wildman–Crippen MR) is 48.2 cm³/mol. The molecule has 0 spiro atoms. The molecule has 15 heavy (non-hydrogen) atoms. The van der Waals surface area contributed by atoms with Crippen LogP contribution in [0.15, 0.2) is 18.2 Å². The molecule has 80 valence electrons. The zero-order valence-electron chi connectivity index (χ0n) is 7.80. The molecule has 1 aliphatic rings. The second-order valence-corrected chi connectivity index (χ2v) is 3.32. The standard InChI is InChI=1S/C10H9F2NO2/c11-7-3-6(4-8(12)5-7)9-1-2-15-10(14)13-9/h3-5,9H,1-2H2,(H,13,14)/t9-/m1/s1. The summed E-state index contributed by atoms with van der Waals surface area (Å²) >= 11 is 0. The zero-order chi connectivity index (χ0) is 10.8. The van der Waals surface area contributed by atoms with E-state index in [-0.39, 0.29) is 12.6 Å². The van der Waals surface area contributed by atoms with Crippen LogP contribution in [0.4, 0.5) is 13.6 Å². The molecular formula is C10H9F2NO2. The molecule has 0 unspecified atom stereocenters. The van der Waals surface area contributed by atoms with Gasteiger partial charge in [-0.05, 0) is 17.7 Å². The van der Waals surface area contributed by atoms with Gasteiger partial charge in [0.25, 0.3) is 0 Å². The summed E-state index contributed by atoms with van der Waals surface area (Å²) in [5, 5.41) is 2.49. The third-order valence-electron chi connectivity index (χ3n) is 2.22. The van der Waals surface area contributed by atoms with Gasteiger partial charge in [-0.1, -0.05) is 0 Å². The number of amides is 1. The highest BCUT2D eigenvalue weighted by molar-refractivity contribution is 5.68. The van der Waals surface area contributed by atoms with Gasteiger partial charge in [-0.2, -0.15) is 0 Å². The molecule has 0 aliphatic carbocycles. The van der Waals surface area contributed by atoms with E-state index < -0.39 is 17.7 Å². The number of benzene rings is 1. The molecule has 1 heterocycles. The van der Waals surface area contributed by atoms with Crippen molar-refractivity contribution in [1.82, 2.24) is 5.32 Å². The van der Waals surface area contributed by atoms with Crippen molar-refractivity contribution >= 4 is 6.09 Å². The maximum absolute atomic E-state index is 12.9. The molecular weight excluding hydrogens is 204 g/mol. The second-order valence-electron chi connectivity index (χ2n) is 3.32. The molecule has 1 aromatic rings. The van der Waals surface area contributed by atoms with Crippen molar-refractivity contribution in [2.45, 2.75) is 12.5 Å². The summed E-state index contributed by atoms with van der Waals surface area (Å²) in [5.41, 5.74) is 0.421.